The van der Waals surface area contributed by atoms with Crippen LogP contribution in [0.2, 0.25) is 0 Å². The van der Waals surface area contributed by atoms with Gasteiger partial charge in [0, 0.05) is 0 Å². The van der Waals surface area contributed by atoms with Crippen LogP contribution in [-0.2, 0) is 11.2 Å². The Bertz CT molecular complexity index is 664. The van der Waals surface area contributed by atoms with Crippen LogP contribution in [0.25, 0.3) is 0 Å². The number of carbonyl (C=O) groups is 1. The van der Waals surface area contributed by atoms with E-state index in [0.29, 0.717) is 23.7 Å². The van der Waals surface area contributed by atoms with Crippen molar-refractivity contribution in [1.29, 1.82) is 0 Å². The van der Waals surface area contributed by atoms with Crippen LogP contribution in [0.1, 0.15) is 17.0 Å². The first-order chi connectivity index (χ1) is 11.1. The number of carboxylic acid groups (broad SMARTS) is 1. The van der Waals surface area contributed by atoms with E-state index in [2.05, 4.69) is 0 Å². The highest BCUT2D eigenvalue weighted by Gasteiger charge is 2.21. The van der Waals surface area contributed by atoms with E-state index in [1.54, 1.807) is 57.7 Å². The van der Waals surface area contributed by atoms with Gasteiger partial charge in [0.25, 0.3) is 0 Å². The number of hydrogen-bond donors (Lipinski definition) is 1. The van der Waals surface area contributed by atoms with Gasteiger partial charge in [0.2, 0.25) is 0 Å². The van der Waals surface area contributed by atoms with Crippen molar-refractivity contribution < 1.29 is 24.1 Å². The second-order valence-electron chi connectivity index (χ2n) is 5.06. The lowest BCUT2D eigenvalue weighted by atomic mass is 9.92. The Labute approximate surface area is 135 Å². The summed E-state index contributed by atoms with van der Waals surface area (Å²) in [5, 5.41) is 9.55. The van der Waals surface area contributed by atoms with Crippen LogP contribution in [0, 0.1) is 0 Å². The second-order valence-corrected chi connectivity index (χ2v) is 5.06. The molecule has 2 aromatic carbocycles. The lowest BCUT2D eigenvalue weighted by molar-refractivity contribution is -0.138. The lowest BCUT2D eigenvalue weighted by Crippen LogP contribution is -2.14. The van der Waals surface area contributed by atoms with Gasteiger partial charge < -0.3 is 19.3 Å². The molecule has 1 unspecified atom stereocenters. The lowest BCUT2D eigenvalue weighted by Gasteiger charge is -2.15. The van der Waals surface area contributed by atoms with Gasteiger partial charge in [-0.1, -0.05) is 18.2 Å². The molecule has 1 N–H and O–H groups in total. The van der Waals surface area contributed by atoms with E-state index in [9.17, 15) is 9.90 Å². The van der Waals surface area contributed by atoms with Gasteiger partial charge in [-0.25, -0.2) is 0 Å². The van der Waals surface area contributed by atoms with Crippen molar-refractivity contribution in [3.05, 3.63) is 53.6 Å². The fourth-order valence-electron chi connectivity index (χ4n) is 2.43. The predicted molar refractivity (Wildman–Crippen MR) is 86.6 cm³/mol. The molecule has 0 amide bonds. The van der Waals surface area contributed by atoms with Crippen LogP contribution < -0.4 is 14.2 Å². The van der Waals surface area contributed by atoms with E-state index in [4.69, 9.17) is 14.2 Å². The SMILES string of the molecule is COc1ccc(C(Cc2ccc(OC)c(OC)c2)C(=O)O)cc1. The van der Waals surface area contributed by atoms with Gasteiger partial charge in [-0.15, -0.1) is 0 Å². The molecule has 1 atom stereocenters. The van der Waals surface area contributed by atoms with Gasteiger partial charge >= 0.3 is 5.97 Å². The summed E-state index contributed by atoms with van der Waals surface area (Å²) < 4.78 is 15.6. The molecule has 122 valence electrons. The zero-order valence-corrected chi connectivity index (χ0v) is 13.4. The highest BCUT2D eigenvalue weighted by Crippen LogP contribution is 2.30. The Morgan fingerprint density at radius 3 is 2.13 bits per heavy atom. The number of hydrogen-bond acceptors (Lipinski definition) is 4. The van der Waals surface area contributed by atoms with Crippen LogP contribution in [0.4, 0.5) is 0 Å². The van der Waals surface area contributed by atoms with Crippen molar-refractivity contribution >= 4 is 5.97 Å². The maximum Gasteiger partial charge on any atom is 0.311 e. The largest absolute Gasteiger partial charge is 0.497 e. The van der Waals surface area contributed by atoms with Crippen LogP contribution in [0.15, 0.2) is 42.5 Å². The van der Waals surface area contributed by atoms with Gasteiger partial charge in [0.1, 0.15) is 5.75 Å². The third kappa shape index (κ3) is 3.94. The molecule has 0 fully saturated rings. The minimum Gasteiger partial charge on any atom is -0.497 e. The Balaban J connectivity index is 2.27. The van der Waals surface area contributed by atoms with Crippen molar-refractivity contribution in [2.45, 2.75) is 12.3 Å². The molecule has 0 aliphatic heterocycles. The van der Waals surface area contributed by atoms with Gasteiger partial charge in [0.15, 0.2) is 11.5 Å². The van der Waals surface area contributed by atoms with E-state index in [-0.39, 0.29) is 0 Å². The molecule has 0 aromatic heterocycles. The van der Waals surface area contributed by atoms with Crippen molar-refractivity contribution in [2.24, 2.45) is 0 Å². The number of carboxylic acids is 1. The molecular formula is C18H20O5. The Morgan fingerprint density at radius 2 is 1.61 bits per heavy atom. The molecular weight excluding hydrogens is 296 g/mol. The number of methoxy groups -OCH3 is 3. The first-order valence-electron chi connectivity index (χ1n) is 7.16. The Hall–Kier alpha value is -2.69. The van der Waals surface area contributed by atoms with E-state index in [0.717, 1.165) is 11.1 Å². The standard InChI is InChI=1S/C18H20O5/c1-21-14-7-5-13(6-8-14)15(18(19)20)10-12-4-9-16(22-2)17(11-12)23-3/h4-9,11,15H,10H2,1-3H3,(H,19,20). The third-order valence-corrected chi connectivity index (χ3v) is 3.70. The minimum absolute atomic E-state index is 0.363. The molecule has 0 aliphatic rings. The van der Waals surface area contributed by atoms with Crippen molar-refractivity contribution in [3.63, 3.8) is 0 Å². The molecule has 0 radical (unpaired) electrons. The maximum absolute atomic E-state index is 11.6. The van der Waals surface area contributed by atoms with E-state index < -0.39 is 11.9 Å². The quantitative estimate of drug-likeness (QED) is 0.850. The summed E-state index contributed by atoms with van der Waals surface area (Å²) in [5.41, 5.74) is 1.60. The van der Waals surface area contributed by atoms with Gasteiger partial charge in [-0.05, 0) is 41.8 Å². The minimum atomic E-state index is -0.870. The number of benzene rings is 2. The molecule has 2 rings (SSSR count). The zero-order chi connectivity index (χ0) is 16.8. The fourth-order valence-corrected chi connectivity index (χ4v) is 2.43. The smallest absolute Gasteiger partial charge is 0.311 e. The first-order valence-corrected chi connectivity index (χ1v) is 7.16. The molecule has 5 heteroatoms. The summed E-state index contributed by atoms with van der Waals surface area (Å²) >= 11 is 0. The highest BCUT2D eigenvalue weighted by atomic mass is 16.5. The van der Waals surface area contributed by atoms with Gasteiger partial charge in [-0.3, -0.25) is 4.79 Å². The number of rotatable bonds is 7. The molecule has 0 bridgehead atoms. The third-order valence-electron chi connectivity index (χ3n) is 3.70. The summed E-state index contributed by atoms with van der Waals surface area (Å²) in [6.07, 6.45) is 0.363. The predicted octanol–water partition coefficient (Wildman–Crippen LogP) is 3.12. The van der Waals surface area contributed by atoms with Gasteiger partial charge in [-0.2, -0.15) is 0 Å². The fraction of sp³-hybridized carbons (Fsp3) is 0.278. The molecule has 5 nitrogen and oxygen atoms in total. The van der Waals surface area contributed by atoms with Crippen molar-refractivity contribution in [2.75, 3.05) is 21.3 Å². The van der Waals surface area contributed by atoms with E-state index in [1.807, 2.05) is 6.07 Å². The number of aliphatic carboxylic acids is 1. The number of ether oxygens (including phenoxy) is 3. The topological polar surface area (TPSA) is 65.0 Å². The van der Waals surface area contributed by atoms with Crippen molar-refractivity contribution in [3.8, 4) is 17.2 Å². The first kappa shape index (κ1) is 16.7. The summed E-state index contributed by atoms with van der Waals surface area (Å²) in [7, 11) is 4.70. The summed E-state index contributed by atoms with van der Waals surface area (Å²) in [5.74, 6) is 0.393. The molecule has 0 saturated heterocycles. The molecule has 0 spiro atoms. The zero-order valence-electron chi connectivity index (χ0n) is 13.4. The summed E-state index contributed by atoms with van der Waals surface area (Å²) in [6, 6.07) is 12.5. The van der Waals surface area contributed by atoms with Crippen LogP contribution >= 0.6 is 0 Å². The molecule has 0 heterocycles. The molecule has 0 aliphatic carbocycles. The normalized spacial score (nSPS) is 11.6. The van der Waals surface area contributed by atoms with E-state index >= 15 is 0 Å². The monoisotopic (exact) mass is 316 g/mol. The van der Waals surface area contributed by atoms with Gasteiger partial charge in [0.05, 0.1) is 27.2 Å². The second kappa shape index (κ2) is 7.54. The maximum atomic E-state index is 11.6. The molecule has 23 heavy (non-hydrogen) atoms. The van der Waals surface area contributed by atoms with E-state index in [1.165, 1.54) is 0 Å². The van der Waals surface area contributed by atoms with Crippen LogP contribution in [0.3, 0.4) is 0 Å². The molecule has 0 saturated carbocycles. The van der Waals surface area contributed by atoms with Crippen molar-refractivity contribution in [1.82, 2.24) is 0 Å². The summed E-state index contributed by atoms with van der Waals surface area (Å²) in [6.45, 7) is 0. The average Bonchev–Trinajstić information content (AvgIpc) is 2.59. The average molecular weight is 316 g/mol. The molecule has 2 aromatic rings. The highest BCUT2D eigenvalue weighted by molar-refractivity contribution is 5.76. The Morgan fingerprint density at radius 1 is 0.957 bits per heavy atom. The Kier molecular flexibility index (Phi) is 5.46. The van der Waals surface area contributed by atoms with Crippen LogP contribution in [-0.4, -0.2) is 32.4 Å². The van der Waals surface area contributed by atoms with Crippen LogP contribution in [0.5, 0.6) is 17.2 Å². The summed E-state index contributed by atoms with van der Waals surface area (Å²) in [4.78, 5) is 11.6.